The van der Waals surface area contributed by atoms with Crippen molar-refractivity contribution in [2.75, 3.05) is 6.54 Å². The van der Waals surface area contributed by atoms with Crippen molar-refractivity contribution >= 4 is 33.0 Å². The smallest absolute Gasteiger partial charge is 0.266 e. The third kappa shape index (κ3) is 4.33. The predicted molar refractivity (Wildman–Crippen MR) is 110 cm³/mol. The van der Waals surface area contributed by atoms with Crippen LogP contribution in [-0.4, -0.2) is 29.7 Å². The highest BCUT2D eigenvalue weighted by Gasteiger charge is 2.18. The van der Waals surface area contributed by atoms with Crippen LogP contribution in [0.4, 0.5) is 0 Å². The Morgan fingerprint density at radius 3 is 2.61 bits per heavy atom. The summed E-state index contributed by atoms with van der Waals surface area (Å²) in [7, 11) is -3.75. The SMILES string of the molecule is Cc1nc(C)c(-c2ccc(=O)n(CCNS(=O)(=O)c3cccc(Cl)c3C)n2)s1. The number of aromatic nitrogens is 3. The molecule has 3 aromatic rings. The Hall–Kier alpha value is -2.07. The van der Waals surface area contributed by atoms with Gasteiger partial charge in [-0.2, -0.15) is 5.10 Å². The van der Waals surface area contributed by atoms with Gasteiger partial charge < -0.3 is 0 Å². The van der Waals surface area contributed by atoms with Crippen LogP contribution in [0.1, 0.15) is 16.3 Å². The van der Waals surface area contributed by atoms with E-state index in [-0.39, 0.29) is 23.5 Å². The number of nitrogens with zero attached hydrogens (tertiary/aromatic N) is 3. The molecule has 0 aliphatic heterocycles. The van der Waals surface area contributed by atoms with Crippen LogP contribution in [0, 0.1) is 20.8 Å². The van der Waals surface area contributed by atoms with E-state index >= 15 is 0 Å². The number of rotatable bonds is 6. The number of benzene rings is 1. The number of aryl methyl sites for hydroxylation is 2. The molecule has 1 N–H and O–H groups in total. The molecule has 1 aromatic carbocycles. The molecule has 2 heterocycles. The van der Waals surface area contributed by atoms with Crippen LogP contribution in [0.15, 0.2) is 40.0 Å². The summed E-state index contributed by atoms with van der Waals surface area (Å²) in [6.07, 6.45) is 0. The number of hydrogen-bond donors (Lipinski definition) is 1. The molecule has 0 aliphatic rings. The summed E-state index contributed by atoms with van der Waals surface area (Å²) in [4.78, 5) is 17.5. The van der Waals surface area contributed by atoms with Gasteiger partial charge in [-0.3, -0.25) is 4.79 Å². The van der Waals surface area contributed by atoms with Gasteiger partial charge in [-0.05, 0) is 44.5 Å². The molecule has 7 nitrogen and oxygen atoms in total. The third-order valence-electron chi connectivity index (χ3n) is 4.13. The highest BCUT2D eigenvalue weighted by molar-refractivity contribution is 7.89. The lowest BCUT2D eigenvalue weighted by molar-refractivity contribution is 0.548. The van der Waals surface area contributed by atoms with Gasteiger partial charge in [-0.1, -0.05) is 17.7 Å². The molecule has 0 saturated carbocycles. The van der Waals surface area contributed by atoms with Gasteiger partial charge >= 0.3 is 0 Å². The molecule has 3 rings (SSSR count). The summed E-state index contributed by atoms with van der Waals surface area (Å²) in [6.45, 7) is 5.56. The van der Waals surface area contributed by atoms with Gasteiger partial charge in [-0.25, -0.2) is 22.8 Å². The standard InChI is InChI=1S/C18H19ClN4O3S2/c1-11-14(19)5-4-6-16(11)28(25,26)20-9-10-23-17(24)8-7-15(22-23)18-12(2)21-13(3)27-18/h4-8,20H,9-10H2,1-3H3. The summed E-state index contributed by atoms with van der Waals surface area (Å²) in [5.74, 6) is 0. The lowest BCUT2D eigenvalue weighted by atomic mass is 10.2. The summed E-state index contributed by atoms with van der Waals surface area (Å²) in [6, 6.07) is 7.78. The average molecular weight is 439 g/mol. The Labute approximate surface area is 172 Å². The summed E-state index contributed by atoms with van der Waals surface area (Å²) < 4.78 is 28.8. The summed E-state index contributed by atoms with van der Waals surface area (Å²) in [5.41, 5.74) is 1.65. The van der Waals surface area contributed by atoms with E-state index in [1.165, 1.54) is 28.2 Å². The molecule has 0 unspecified atom stereocenters. The second kappa shape index (κ2) is 8.12. The van der Waals surface area contributed by atoms with Crippen molar-refractivity contribution in [2.24, 2.45) is 0 Å². The second-order valence-electron chi connectivity index (χ2n) is 6.19. The number of halogens is 1. The topological polar surface area (TPSA) is 94.0 Å². The fraction of sp³-hybridized carbons (Fsp3) is 0.278. The Morgan fingerprint density at radius 1 is 1.18 bits per heavy atom. The van der Waals surface area contributed by atoms with Crippen molar-refractivity contribution in [3.05, 3.63) is 62.0 Å². The fourth-order valence-electron chi connectivity index (χ4n) is 2.74. The van der Waals surface area contributed by atoms with E-state index < -0.39 is 10.0 Å². The van der Waals surface area contributed by atoms with E-state index in [0.29, 0.717) is 16.3 Å². The highest BCUT2D eigenvalue weighted by Crippen LogP contribution is 2.27. The fourth-order valence-corrected chi connectivity index (χ4v) is 5.14. The van der Waals surface area contributed by atoms with Gasteiger partial charge in [0, 0.05) is 17.6 Å². The van der Waals surface area contributed by atoms with Crippen LogP contribution < -0.4 is 10.3 Å². The Morgan fingerprint density at radius 2 is 1.93 bits per heavy atom. The quantitative estimate of drug-likeness (QED) is 0.638. The monoisotopic (exact) mass is 438 g/mol. The van der Waals surface area contributed by atoms with E-state index in [2.05, 4.69) is 14.8 Å². The van der Waals surface area contributed by atoms with Crippen LogP contribution in [0.3, 0.4) is 0 Å². The lowest BCUT2D eigenvalue weighted by Gasteiger charge is -2.11. The molecular formula is C18H19ClN4O3S2. The average Bonchev–Trinajstić information content (AvgIpc) is 2.97. The van der Waals surface area contributed by atoms with Crippen molar-refractivity contribution in [1.82, 2.24) is 19.5 Å². The molecule has 0 atom stereocenters. The number of sulfonamides is 1. The molecule has 0 saturated heterocycles. The molecule has 0 amide bonds. The normalized spacial score (nSPS) is 11.7. The van der Waals surface area contributed by atoms with Gasteiger partial charge in [0.25, 0.3) is 5.56 Å². The maximum atomic E-state index is 12.5. The van der Waals surface area contributed by atoms with Crippen LogP contribution in [0.25, 0.3) is 10.6 Å². The van der Waals surface area contributed by atoms with Crippen molar-refractivity contribution in [3.8, 4) is 10.6 Å². The van der Waals surface area contributed by atoms with Crippen LogP contribution in [0.5, 0.6) is 0 Å². The minimum Gasteiger partial charge on any atom is -0.268 e. The van der Waals surface area contributed by atoms with Gasteiger partial charge in [-0.15, -0.1) is 11.3 Å². The highest BCUT2D eigenvalue weighted by atomic mass is 35.5. The molecular weight excluding hydrogens is 420 g/mol. The number of nitrogens with one attached hydrogen (secondary N) is 1. The predicted octanol–water partition coefficient (Wildman–Crippen LogP) is 2.92. The molecule has 148 valence electrons. The molecule has 0 spiro atoms. The van der Waals surface area contributed by atoms with Crippen molar-refractivity contribution in [2.45, 2.75) is 32.2 Å². The number of thiazole rings is 1. The van der Waals surface area contributed by atoms with Gasteiger partial charge in [0.15, 0.2) is 0 Å². The van der Waals surface area contributed by atoms with E-state index in [1.807, 2.05) is 13.8 Å². The van der Waals surface area contributed by atoms with Gasteiger partial charge in [0.2, 0.25) is 10.0 Å². The first kappa shape index (κ1) is 20.7. The lowest BCUT2D eigenvalue weighted by Crippen LogP contribution is -2.32. The molecule has 0 radical (unpaired) electrons. The Balaban J connectivity index is 1.78. The van der Waals surface area contributed by atoms with Gasteiger partial charge in [0.05, 0.1) is 27.0 Å². The maximum absolute atomic E-state index is 12.5. The first-order valence-corrected chi connectivity index (χ1v) is 11.1. The van der Waals surface area contributed by atoms with Crippen LogP contribution >= 0.6 is 22.9 Å². The first-order valence-electron chi connectivity index (χ1n) is 8.46. The second-order valence-corrected chi connectivity index (χ2v) is 9.53. The molecule has 28 heavy (non-hydrogen) atoms. The third-order valence-corrected chi connectivity index (χ3v) is 7.24. The van der Waals surface area contributed by atoms with E-state index in [1.54, 1.807) is 25.1 Å². The van der Waals surface area contributed by atoms with Gasteiger partial charge in [0.1, 0.15) is 5.69 Å². The largest absolute Gasteiger partial charge is 0.268 e. The van der Waals surface area contributed by atoms with Crippen molar-refractivity contribution in [1.29, 1.82) is 0 Å². The minimum atomic E-state index is -3.75. The molecule has 2 aromatic heterocycles. The Bertz CT molecular complexity index is 1190. The summed E-state index contributed by atoms with van der Waals surface area (Å²) in [5, 5.41) is 5.65. The first-order chi connectivity index (χ1) is 13.2. The maximum Gasteiger partial charge on any atom is 0.266 e. The van der Waals surface area contributed by atoms with Crippen LogP contribution in [0.2, 0.25) is 5.02 Å². The molecule has 0 aliphatic carbocycles. The summed E-state index contributed by atoms with van der Waals surface area (Å²) >= 11 is 7.51. The van der Waals surface area contributed by atoms with E-state index in [9.17, 15) is 13.2 Å². The number of hydrogen-bond acceptors (Lipinski definition) is 6. The zero-order valence-electron chi connectivity index (χ0n) is 15.6. The van der Waals surface area contributed by atoms with Crippen molar-refractivity contribution in [3.63, 3.8) is 0 Å². The van der Waals surface area contributed by atoms with Crippen molar-refractivity contribution < 1.29 is 8.42 Å². The molecule has 10 heteroatoms. The zero-order valence-corrected chi connectivity index (χ0v) is 18.0. The van der Waals surface area contributed by atoms with E-state index in [0.717, 1.165) is 15.6 Å². The zero-order chi connectivity index (χ0) is 20.5. The van der Waals surface area contributed by atoms with Crippen LogP contribution in [-0.2, 0) is 16.6 Å². The molecule has 0 fully saturated rings. The molecule has 0 bridgehead atoms. The van der Waals surface area contributed by atoms with E-state index in [4.69, 9.17) is 11.6 Å². The minimum absolute atomic E-state index is 0.0192. The Kier molecular flexibility index (Phi) is 5.99.